The van der Waals surface area contributed by atoms with E-state index in [4.69, 9.17) is 9.73 Å². The van der Waals surface area contributed by atoms with Crippen LogP contribution >= 0.6 is 0 Å². The van der Waals surface area contributed by atoms with Gasteiger partial charge in [-0.25, -0.2) is 0 Å². The van der Waals surface area contributed by atoms with Crippen LogP contribution in [0.5, 0.6) is 0 Å². The van der Waals surface area contributed by atoms with E-state index in [0.717, 1.165) is 64.6 Å². The molecule has 138 valence electrons. The first-order chi connectivity index (χ1) is 12.1. The van der Waals surface area contributed by atoms with Gasteiger partial charge in [0.1, 0.15) is 0 Å². The molecule has 2 aliphatic heterocycles. The predicted molar refractivity (Wildman–Crippen MR) is 103 cm³/mol. The Morgan fingerprint density at radius 2 is 1.96 bits per heavy atom. The van der Waals surface area contributed by atoms with Crippen LogP contribution in [-0.2, 0) is 17.7 Å². The van der Waals surface area contributed by atoms with Crippen LogP contribution in [0.3, 0.4) is 0 Å². The second kappa shape index (κ2) is 8.19. The number of ether oxygens (including phenoxy) is 1. The fourth-order valence-corrected chi connectivity index (χ4v) is 3.82. The third-order valence-electron chi connectivity index (χ3n) is 5.66. The number of nitrogens with one attached hydrogen (secondary N) is 1. The van der Waals surface area contributed by atoms with Gasteiger partial charge in [0.2, 0.25) is 0 Å². The van der Waals surface area contributed by atoms with Crippen molar-refractivity contribution in [1.82, 2.24) is 15.1 Å². The summed E-state index contributed by atoms with van der Waals surface area (Å²) in [6, 6.07) is 8.76. The van der Waals surface area contributed by atoms with E-state index in [9.17, 15) is 0 Å². The monoisotopic (exact) mass is 344 g/mol. The van der Waals surface area contributed by atoms with Gasteiger partial charge < -0.3 is 19.9 Å². The van der Waals surface area contributed by atoms with E-state index in [-0.39, 0.29) is 5.54 Å². The topological polar surface area (TPSA) is 40.1 Å². The number of aliphatic imine (C=N–C) groups is 1. The fourth-order valence-electron chi connectivity index (χ4n) is 3.82. The highest BCUT2D eigenvalue weighted by Crippen LogP contribution is 2.26. The molecule has 0 aliphatic carbocycles. The van der Waals surface area contributed by atoms with Crippen LogP contribution in [-0.4, -0.2) is 68.2 Å². The molecule has 1 aromatic carbocycles. The minimum atomic E-state index is 0.118. The zero-order valence-corrected chi connectivity index (χ0v) is 15.9. The first-order valence-electron chi connectivity index (χ1n) is 9.50. The Bertz CT molecular complexity index is 593. The maximum absolute atomic E-state index is 5.58. The van der Waals surface area contributed by atoms with Crippen molar-refractivity contribution < 1.29 is 4.74 Å². The van der Waals surface area contributed by atoms with Crippen molar-refractivity contribution in [2.75, 3.05) is 46.9 Å². The molecule has 0 unspecified atom stereocenters. The third kappa shape index (κ3) is 4.15. The first-order valence-corrected chi connectivity index (χ1v) is 9.50. The van der Waals surface area contributed by atoms with E-state index in [2.05, 4.69) is 60.4 Å². The highest BCUT2D eigenvalue weighted by atomic mass is 16.5. The summed E-state index contributed by atoms with van der Waals surface area (Å²) < 4.78 is 5.58. The molecule has 0 bridgehead atoms. The van der Waals surface area contributed by atoms with Crippen molar-refractivity contribution >= 4 is 5.96 Å². The molecule has 2 heterocycles. The van der Waals surface area contributed by atoms with Crippen LogP contribution < -0.4 is 5.32 Å². The lowest BCUT2D eigenvalue weighted by Crippen LogP contribution is -2.52. The Balaban J connectivity index is 1.75. The first kappa shape index (κ1) is 18.2. The Morgan fingerprint density at radius 1 is 1.24 bits per heavy atom. The summed E-state index contributed by atoms with van der Waals surface area (Å²) in [7, 11) is 4.34. The summed E-state index contributed by atoms with van der Waals surface area (Å²) in [5, 5.41) is 3.51. The molecule has 1 N–H and O–H groups in total. The maximum atomic E-state index is 5.58. The summed E-state index contributed by atoms with van der Waals surface area (Å²) >= 11 is 0. The molecule has 3 rings (SSSR count). The molecule has 1 saturated heterocycles. The van der Waals surface area contributed by atoms with Gasteiger partial charge in [0, 0.05) is 38.4 Å². The predicted octanol–water partition coefficient (Wildman–Crippen LogP) is 2.12. The zero-order chi connectivity index (χ0) is 17.7. The Labute approximate surface area is 152 Å². The third-order valence-corrected chi connectivity index (χ3v) is 5.66. The largest absolute Gasteiger partial charge is 0.381 e. The number of hydrogen-bond acceptors (Lipinski definition) is 3. The van der Waals surface area contributed by atoms with Gasteiger partial charge in [-0.15, -0.1) is 0 Å². The number of benzene rings is 1. The van der Waals surface area contributed by atoms with E-state index >= 15 is 0 Å². The van der Waals surface area contributed by atoms with Crippen LogP contribution in [0.1, 0.15) is 30.9 Å². The smallest absolute Gasteiger partial charge is 0.194 e. The molecule has 0 radical (unpaired) electrons. The van der Waals surface area contributed by atoms with Crippen LogP contribution in [0, 0.1) is 0 Å². The molecule has 1 aromatic rings. The van der Waals surface area contributed by atoms with Crippen LogP contribution in [0.2, 0.25) is 0 Å². The average molecular weight is 345 g/mol. The molecule has 5 heteroatoms. The lowest BCUT2D eigenvalue weighted by Gasteiger charge is -2.42. The summed E-state index contributed by atoms with van der Waals surface area (Å²) in [4.78, 5) is 9.80. The summed E-state index contributed by atoms with van der Waals surface area (Å²) in [5.74, 6) is 1.05. The lowest BCUT2D eigenvalue weighted by atomic mass is 9.89. The van der Waals surface area contributed by atoms with Crippen molar-refractivity contribution in [3.05, 3.63) is 35.4 Å². The second-order valence-electron chi connectivity index (χ2n) is 7.34. The second-order valence-corrected chi connectivity index (χ2v) is 7.34. The number of guanidine groups is 1. The summed E-state index contributed by atoms with van der Waals surface area (Å²) in [6.07, 6.45) is 3.19. The van der Waals surface area contributed by atoms with E-state index in [0.29, 0.717) is 0 Å². The number of nitrogens with zero attached hydrogens (tertiary/aromatic N) is 3. The normalized spacial score (nSPS) is 20.5. The molecule has 0 atom stereocenters. The standard InChI is InChI=1S/C20H32N4O/c1-4-21-19(22-16-20(23(2)3)10-13-25-14-11-20)24-12-9-17-7-5-6-8-18(17)15-24/h5-8H,4,9-16H2,1-3H3,(H,21,22). The minimum Gasteiger partial charge on any atom is -0.381 e. The SMILES string of the molecule is CCNC(=NCC1(N(C)C)CCOCC1)N1CCc2ccccc2C1. The van der Waals surface area contributed by atoms with E-state index < -0.39 is 0 Å². The molecule has 0 amide bonds. The summed E-state index contributed by atoms with van der Waals surface area (Å²) in [6.45, 7) is 7.51. The van der Waals surface area contributed by atoms with Gasteiger partial charge in [-0.1, -0.05) is 24.3 Å². The van der Waals surface area contributed by atoms with Gasteiger partial charge in [-0.2, -0.15) is 0 Å². The molecule has 0 saturated carbocycles. The van der Waals surface area contributed by atoms with Gasteiger partial charge >= 0.3 is 0 Å². The number of hydrogen-bond donors (Lipinski definition) is 1. The zero-order valence-electron chi connectivity index (χ0n) is 15.9. The molecule has 0 spiro atoms. The molecule has 1 fully saturated rings. The van der Waals surface area contributed by atoms with Crippen molar-refractivity contribution in [1.29, 1.82) is 0 Å². The molecular weight excluding hydrogens is 312 g/mol. The van der Waals surface area contributed by atoms with Crippen LogP contribution in [0.4, 0.5) is 0 Å². The Morgan fingerprint density at radius 3 is 2.64 bits per heavy atom. The molecule has 2 aliphatic rings. The van der Waals surface area contributed by atoms with Crippen molar-refractivity contribution in [2.45, 2.75) is 38.3 Å². The Hall–Kier alpha value is -1.59. The van der Waals surface area contributed by atoms with Crippen LogP contribution in [0.25, 0.3) is 0 Å². The Kier molecular flexibility index (Phi) is 5.97. The van der Waals surface area contributed by atoms with Gasteiger partial charge in [-0.05, 0) is 51.4 Å². The number of fused-ring (bicyclic) bond motifs is 1. The minimum absolute atomic E-state index is 0.118. The van der Waals surface area contributed by atoms with Gasteiger partial charge in [-0.3, -0.25) is 4.99 Å². The van der Waals surface area contributed by atoms with Gasteiger partial charge in [0.15, 0.2) is 5.96 Å². The van der Waals surface area contributed by atoms with Crippen molar-refractivity contribution in [2.24, 2.45) is 4.99 Å². The van der Waals surface area contributed by atoms with Crippen LogP contribution in [0.15, 0.2) is 29.3 Å². The quantitative estimate of drug-likeness (QED) is 0.671. The van der Waals surface area contributed by atoms with Crippen molar-refractivity contribution in [3.63, 3.8) is 0 Å². The van der Waals surface area contributed by atoms with Gasteiger partial charge in [0.25, 0.3) is 0 Å². The maximum Gasteiger partial charge on any atom is 0.194 e. The molecular formula is C20H32N4O. The van der Waals surface area contributed by atoms with Crippen molar-refractivity contribution in [3.8, 4) is 0 Å². The average Bonchev–Trinajstić information content (AvgIpc) is 2.65. The summed E-state index contributed by atoms with van der Waals surface area (Å²) in [5.41, 5.74) is 3.02. The fraction of sp³-hybridized carbons (Fsp3) is 0.650. The number of likely N-dealkylation sites (N-methyl/N-ethyl adjacent to an activating group) is 1. The highest BCUT2D eigenvalue weighted by Gasteiger charge is 2.35. The lowest BCUT2D eigenvalue weighted by molar-refractivity contribution is -0.00265. The molecule has 25 heavy (non-hydrogen) atoms. The molecule has 5 nitrogen and oxygen atoms in total. The van der Waals surface area contributed by atoms with E-state index in [1.165, 1.54) is 11.1 Å². The van der Waals surface area contributed by atoms with E-state index in [1.807, 2.05) is 0 Å². The van der Waals surface area contributed by atoms with Gasteiger partial charge in [0.05, 0.1) is 6.54 Å². The van der Waals surface area contributed by atoms with E-state index in [1.54, 1.807) is 0 Å². The highest BCUT2D eigenvalue weighted by molar-refractivity contribution is 5.80. The molecule has 0 aromatic heterocycles. The number of rotatable bonds is 4.